The van der Waals surface area contributed by atoms with E-state index in [1.807, 2.05) is 30.1 Å². The molecule has 1 fully saturated rings. The molecule has 0 amide bonds. The van der Waals surface area contributed by atoms with E-state index in [9.17, 15) is 4.79 Å². The zero-order valence-corrected chi connectivity index (χ0v) is 14.0. The van der Waals surface area contributed by atoms with Crippen LogP contribution in [0.2, 0.25) is 0 Å². The normalized spacial score (nSPS) is 18.4. The molecule has 0 saturated carbocycles. The van der Waals surface area contributed by atoms with Gasteiger partial charge in [0.2, 0.25) is 5.76 Å². The first-order valence-electron chi connectivity index (χ1n) is 7.28. The minimum absolute atomic E-state index is 0. The molecule has 3 rings (SSSR count). The van der Waals surface area contributed by atoms with E-state index in [0.717, 1.165) is 31.2 Å². The van der Waals surface area contributed by atoms with Gasteiger partial charge in [0, 0.05) is 39.1 Å². The van der Waals surface area contributed by atoms with Crippen LogP contribution in [0.1, 0.15) is 28.2 Å². The number of aryl methyl sites for hydroxylation is 1. The van der Waals surface area contributed by atoms with E-state index in [1.54, 1.807) is 6.07 Å². The lowest BCUT2D eigenvalue weighted by molar-refractivity contribution is 0.0558. The van der Waals surface area contributed by atoms with Crippen LogP contribution in [0.15, 0.2) is 28.9 Å². The zero-order chi connectivity index (χ0) is 15.5. The van der Waals surface area contributed by atoms with Gasteiger partial charge in [0.1, 0.15) is 11.6 Å². The van der Waals surface area contributed by atoms with Crippen LogP contribution >= 0.6 is 12.4 Å². The number of nitrogens with zero attached hydrogens (tertiary/aromatic N) is 3. The summed E-state index contributed by atoms with van der Waals surface area (Å²) in [7, 11) is 3.34. The number of furan rings is 1. The maximum atomic E-state index is 11.5. The SMILES string of the molecule is COC(=O)c1ccc(CN2CCNCC2c2nccn2C)o1.Cl. The van der Waals surface area contributed by atoms with Crippen molar-refractivity contribution in [1.29, 1.82) is 0 Å². The van der Waals surface area contributed by atoms with Crippen molar-refractivity contribution in [2.45, 2.75) is 12.6 Å². The van der Waals surface area contributed by atoms with Crippen molar-refractivity contribution in [2.75, 3.05) is 26.7 Å². The van der Waals surface area contributed by atoms with Gasteiger partial charge >= 0.3 is 5.97 Å². The molecule has 3 heterocycles. The third kappa shape index (κ3) is 3.74. The van der Waals surface area contributed by atoms with Crippen LogP contribution in [0, 0.1) is 0 Å². The Hall–Kier alpha value is -1.83. The average molecular weight is 341 g/mol. The average Bonchev–Trinajstić information content (AvgIpc) is 3.16. The van der Waals surface area contributed by atoms with Gasteiger partial charge in [0.25, 0.3) is 0 Å². The quantitative estimate of drug-likeness (QED) is 0.847. The van der Waals surface area contributed by atoms with Crippen LogP contribution in [0.25, 0.3) is 0 Å². The number of ether oxygens (including phenoxy) is 1. The van der Waals surface area contributed by atoms with Gasteiger partial charge in [0.15, 0.2) is 0 Å². The minimum atomic E-state index is -0.452. The number of piperazine rings is 1. The van der Waals surface area contributed by atoms with Crippen LogP contribution in [0.3, 0.4) is 0 Å². The Kier molecular flexibility index (Phi) is 5.81. The standard InChI is InChI=1S/C15H20N4O3.ClH/c1-18-7-6-17-14(18)12-9-16-5-8-19(12)10-11-3-4-13(22-11)15(20)21-2;/h3-4,6-7,12,16H,5,8-10H2,1-2H3;1H. The Bertz CT molecular complexity index is 655. The summed E-state index contributed by atoms with van der Waals surface area (Å²) in [6.45, 7) is 3.29. The molecule has 0 aromatic carbocycles. The largest absolute Gasteiger partial charge is 0.463 e. The lowest BCUT2D eigenvalue weighted by atomic mass is 10.1. The number of hydrogen-bond acceptors (Lipinski definition) is 6. The molecular formula is C15H21ClN4O3. The van der Waals surface area contributed by atoms with Crippen molar-refractivity contribution in [2.24, 2.45) is 7.05 Å². The molecule has 7 nitrogen and oxygen atoms in total. The summed E-state index contributed by atoms with van der Waals surface area (Å²) in [5.41, 5.74) is 0. The third-order valence-corrected chi connectivity index (χ3v) is 3.92. The second-order valence-electron chi connectivity index (χ2n) is 5.34. The highest BCUT2D eigenvalue weighted by molar-refractivity contribution is 5.86. The minimum Gasteiger partial charge on any atom is -0.463 e. The van der Waals surface area contributed by atoms with Crippen molar-refractivity contribution in [3.63, 3.8) is 0 Å². The van der Waals surface area contributed by atoms with Crippen LogP contribution in [-0.4, -0.2) is 47.2 Å². The molecule has 2 aromatic heterocycles. The Labute approximate surface area is 141 Å². The van der Waals surface area contributed by atoms with E-state index in [-0.39, 0.29) is 24.2 Å². The summed E-state index contributed by atoms with van der Waals surface area (Å²) >= 11 is 0. The Morgan fingerprint density at radius 2 is 2.35 bits per heavy atom. The van der Waals surface area contributed by atoms with Gasteiger partial charge in [-0.25, -0.2) is 9.78 Å². The molecule has 1 aliphatic rings. The highest BCUT2D eigenvalue weighted by atomic mass is 35.5. The monoisotopic (exact) mass is 340 g/mol. The Morgan fingerprint density at radius 1 is 1.52 bits per heavy atom. The molecule has 1 atom stereocenters. The van der Waals surface area contributed by atoms with Crippen molar-refractivity contribution < 1.29 is 13.9 Å². The van der Waals surface area contributed by atoms with Gasteiger partial charge < -0.3 is 19.0 Å². The van der Waals surface area contributed by atoms with Crippen LogP contribution in [-0.2, 0) is 18.3 Å². The van der Waals surface area contributed by atoms with Gasteiger partial charge in [-0.15, -0.1) is 12.4 Å². The fraction of sp³-hybridized carbons (Fsp3) is 0.467. The molecule has 0 aliphatic carbocycles. The molecule has 0 bridgehead atoms. The number of esters is 1. The lowest BCUT2D eigenvalue weighted by Gasteiger charge is -2.35. The van der Waals surface area contributed by atoms with Crippen molar-refractivity contribution in [3.05, 3.63) is 41.9 Å². The van der Waals surface area contributed by atoms with Crippen LogP contribution in [0.5, 0.6) is 0 Å². The van der Waals surface area contributed by atoms with Gasteiger partial charge in [-0.05, 0) is 12.1 Å². The third-order valence-electron chi connectivity index (χ3n) is 3.92. The van der Waals surface area contributed by atoms with Gasteiger partial charge in [-0.2, -0.15) is 0 Å². The maximum absolute atomic E-state index is 11.5. The number of carbonyl (C=O) groups excluding carboxylic acids is 1. The first kappa shape index (κ1) is 17.5. The summed E-state index contributed by atoms with van der Waals surface area (Å²) in [6, 6.07) is 3.66. The fourth-order valence-electron chi connectivity index (χ4n) is 2.76. The van der Waals surface area contributed by atoms with Gasteiger partial charge in [-0.3, -0.25) is 4.90 Å². The fourth-order valence-corrected chi connectivity index (χ4v) is 2.76. The molecule has 0 radical (unpaired) electrons. The highest BCUT2D eigenvalue weighted by Gasteiger charge is 2.27. The number of methoxy groups -OCH3 is 1. The predicted molar refractivity (Wildman–Crippen MR) is 86.5 cm³/mol. The summed E-state index contributed by atoms with van der Waals surface area (Å²) in [4.78, 5) is 18.2. The zero-order valence-electron chi connectivity index (χ0n) is 13.2. The molecule has 2 aromatic rings. The topological polar surface area (TPSA) is 72.5 Å². The number of carbonyl (C=O) groups is 1. The van der Waals surface area contributed by atoms with Crippen LogP contribution < -0.4 is 5.32 Å². The first-order valence-corrected chi connectivity index (χ1v) is 7.28. The second-order valence-corrected chi connectivity index (χ2v) is 5.34. The number of aromatic nitrogens is 2. The molecule has 1 N–H and O–H groups in total. The first-order chi connectivity index (χ1) is 10.7. The molecule has 126 valence electrons. The summed E-state index contributed by atoms with van der Waals surface area (Å²) in [6.07, 6.45) is 3.76. The summed E-state index contributed by atoms with van der Waals surface area (Å²) < 4.78 is 12.3. The van der Waals surface area contributed by atoms with E-state index in [2.05, 4.69) is 19.9 Å². The Morgan fingerprint density at radius 3 is 3.04 bits per heavy atom. The van der Waals surface area contributed by atoms with Gasteiger partial charge in [-0.1, -0.05) is 0 Å². The van der Waals surface area contributed by atoms with E-state index in [0.29, 0.717) is 6.54 Å². The predicted octanol–water partition coefficient (Wildman–Crippen LogP) is 1.37. The van der Waals surface area contributed by atoms with Crippen LogP contribution in [0.4, 0.5) is 0 Å². The van der Waals surface area contributed by atoms with Gasteiger partial charge in [0.05, 0.1) is 19.7 Å². The summed E-state index contributed by atoms with van der Waals surface area (Å²) in [5.74, 6) is 1.56. The second kappa shape index (κ2) is 7.63. The smallest absolute Gasteiger partial charge is 0.373 e. The molecular weight excluding hydrogens is 320 g/mol. The number of hydrogen-bond donors (Lipinski definition) is 1. The van der Waals surface area contributed by atoms with E-state index >= 15 is 0 Å². The molecule has 1 unspecified atom stereocenters. The maximum Gasteiger partial charge on any atom is 0.373 e. The van der Waals surface area contributed by atoms with E-state index in [1.165, 1.54) is 7.11 Å². The number of rotatable bonds is 4. The van der Waals surface area contributed by atoms with E-state index in [4.69, 9.17) is 4.42 Å². The molecule has 1 aliphatic heterocycles. The van der Waals surface area contributed by atoms with Crippen molar-refractivity contribution >= 4 is 18.4 Å². The lowest BCUT2D eigenvalue weighted by Crippen LogP contribution is -2.46. The molecule has 23 heavy (non-hydrogen) atoms. The van der Waals surface area contributed by atoms with Crippen molar-refractivity contribution in [1.82, 2.24) is 19.8 Å². The number of imidazole rings is 1. The molecule has 1 saturated heterocycles. The number of nitrogens with one attached hydrogen (secondary N) is 1. The molecule has 0 spiro atoms. The molecule has 8 heteroatoms. The van der Waals surface area contributed by atoms with Crippen molar-refractivity contribution in [3.8, 4) is 0 Å². The highest BCUT2D eigenvalue weighted by Crippen LogP contribution is 2.23. The number of halogens is 1. The van der Waals surface area contributed by atoms with E-state index < -0.39 is 5.97 Å². The summed E-state index contributed by atoms with van der Waals surface area (Å²) in [5, 5.41) is 3.40. The Balaban J connectivity index is 0.00000192.